The quantitative estimate of drug-likeness (QED) is 0.893. The zero-order chi connectivity index (χ0) is 13.2. The molecule has 1 aliphatic rings. The van der Waals surface area contributed by atoms with E-state index in [-0.39, 0.29) is 5.54 Å². The minimum absolute atomic E-state index is 0.110. The molecule has 0 radical (unpaired) electrons. The Bertz CT molecular complexity index is 381. The first-order chi connectivity index (χ1) is 8.49. The Morgan fingerprint density at radius 2 is 2.28 bits per heavy atom. The number of aromatic nitrogens is 1. The van der Waals surface area contributed by atoms with E-state index >= 15 is 0 Å². The molecule has 2 heterocycles. The fourth-order valence-electron chi connectivity index (χ4n) is 2.38. The summed E-state index contributed by atoms with van der Waals surface area (Å²) >= 11 is 0. The Kier molecular flexibility index (Phi) is 3.95. The monoisotopic (exact) mass is 251 g/mol. The summed E-state index contributed by atoms with van der Waals surface area (Å²) in [6.45, 7) is 10.5. The number of anilines is 1. The van der Waals surface area contributed by atoms with Crippen molar-refractivity contribution < 1.29 is 4.42 Å². The average Bonchev–Trinajstić information content (AvgIpc) is 2.93. The van der Waals surface area contributed by atoms with E-state index in [1.807, 2.05) is 0 Å². The zero-order valence-corrected chi connectivity index (χ0v) is 12.0. The predicted octanol–water partition coefficient (Wildman–Crippen LogP) is 2.94. The molecule has 18 heavy (non-hydrogen) atoms. The van der Waals surface area contributed by atoms with Crippen LogP contribution >= 0.6 is 0 Å². The number of hydrogen-bond donors (Lipinski definition) is 1. The van der Waals surface area contributed by atoms with Crippen LogP contribution in [0.1, 0.15) is 52.7 Å². The topological polar surface area (TPSA) is 41.3 Å². The molecule has 0 aliphatic carbocycles. The van der Waals surface area contributed by atoms with Crippen molar-refractivity contribution in [2.45, 2.75) is 65.1 Å². The number of nitrogens with zero attached hydrogens (tertiary/aromatic N) is 2. The molecule has 2 rings (SSSR count). The van der Waals surface area contributed by atoms with Crippen LogP contribution in [-0.4, -0.2) is 23.1 Å². The second kappa shape index (κ2) is 5.31. The van der Waals surface area contributed by atoms with Crippen LogP contribution in [0.3, 0.4) is 0 Å². The summed E-state index contributed by atoms with van der Waals surface area (Å²) in [5, 5.41) is 3.43. The second-order valence-corrected chi connectivity index (χ2v) is 6.12. The Hall–Kier alpha value is -1.03. The minimum Gasteiger partial charge on any atom is -0.432 e. The molecule has 1 aromatic heterocycles. The molecule has 4 heteroatoms. The van der Waals surface area contributed by atoms with Gasteiger partial charge in [-0.25, -0.2) is 0 Å². The maximum atomic E-state index is 5.62. The number of oxazole rings is 1. The maximum Gasteiger partial charge on any atom is 0.297 e. The summed E-state index contributed by atoms with van der Waals surface area (Å²) in [7, 11) is 0. The van der Waals surface area contributed by atoms with Gasteiger partial charge in [0, 0.05) is 24.7 Å². The molecule has 1 aromatic rings. The highest BCUT2D eigenvalue weighted by molar-refractivity contribution is 5.30. The summed E-state index contributed by atoms with van der Waals surface area (Å²) < 4.78 is 5.62. The lowest BCUT2D eigenvalue weighted by Gasteiger charge is -2.21. The molecule has 1 aliphatic heterocycles. The van der Waals surface area contributed by atoms with Crippen LogP contribution in [0, 0.1) is 0 Å². The fourth-order valence-corrected chi connectivity index (χ4v) is 2.38. The third-order valence-corrected chi connectivity index (χ3v) is 3.43. The van der Waals surface area contributed by atoms with E-state index in [4.69, 9.17) is 4.42 Å². The summed E-state index contributed by atoms with van der Waals surface area (Å²) in [5.41, 5.74) is 1.10. The van der Waals surface area contributed by atoms with E-state index in [2.05, 4.69) is 42.9 Å². The number of nitrogens with one attached hydrogen (secondary N) is 1. The molecular weight excluding hydrogens is 226 g/mol. The normalized spacial score (nSPS) is 20.7. The molecule has 0 spiro atoms. The van der Waals surface area contributed by atoms with Crippen LogP contribution in [0.5, 0.6) is 0 Å². The van der Waals surface area contributed by atoms with Crippen molar-refractivity contribution in [2.24, 2.45) is 0 Å². The minimum atomic E-state index is 0.110. The average molecular weight is 251 g/mol. The lowest BCUT2D eigenvalue weighted by molar-refractivity contribution is 0.421. The third-order valence-electron chi connectivity index (χ3n) is 3.43. The molecule has 1 N–H and O–H groups in total. The third kappa shape index (κ3) is 3.25. The van der Waals surface area contributed by atoms with Crippen LogP contribution in [-0.2, 0) is 6.54 Å². The molecule has 1 unspecified atom stereocenters. The molecule has 4 nitrogen and oxygen atoms in total. The first-order valence-electron chi connectivity index (χ1n) is 6.95. The first kappa shape index (κ1) is 13.4. The van der Waals surface area contributed by atoms with Crippen LogP contribution < -0.4 is 10.2 Å². The van der Waals surface area contributed by atoms with Gasteiger partial charge >= 0.3 is 0 Å². The van der Waals surface area contributed by atoms with Gasteiger partial charge in [0.05, 0.1) is 5.69 Å². The van der Waals surface area contributed by atoms with Crippen molar-refractivity contribution in [2.75, 3.05) is 11.4 Å². The van der Waals surface area contributed by atoms with E-state index in [0.717, 1.165) is 31.2 Å². The van der Waals surface area contributed by atoms with Gasteiger partial charge in [-0.15, -0.1) is 0 Å². The highest BCUT2D eigenvalue weighted by atomic mass is 16.4. The van der Waals surface area contributed by atoms with E-state index in [0.29, 0.717) is 6.04 Å². The number of rotatable bonds is 4. The van der Waals surface area contributed by atoms with Gasteiger partial charge in [0.15, 0.2) is 0 Å². The molecule has 0 amide bonds. The molecule has 0 saturated carbocycles. The van der Waals surface area contributed by atoms with Gasteiger partial charge in [0.1, 0.15) is 6.26 Å². The fraction of sp³-hybridized carbons (Fsp3) is 0.786. The van der Waals surface area contributed by atoms with Crippen molar-refractivity contribution >= 4 is 6.01 Å². The van der Waals surface area contributed by atoms with Crippen LogP contribution in [0.4, 0.5) is 6.01 Å². The summed E-state index contributed by atoms with van der Waals surface area (Å²) in [6, 6.07) is 1.40. The summed E-state index contributed by atoms with van der Waals surface area (Å²) in [5.74, 6) is 0. The molecule has 0 bridgehead atoms. The van der Waals surface area contributed by atoms with Crippen molar-refractivity contribution in [3.05, 3.63) is 12.0 Å². The van der Waals surface area contributed by atoms with E-state index < -0.39 is 0 Å². The van der Waals surface area contributed by atoms with Crippen LogP contribution in [0.25, 0.3) is 0 Å². The van der Waals surface area contributed by atoms with E-state index in [9.17, 15) is 0 Å². The van der Waals surface area contributed by atoms with Crippen LogP contribution in [0.2, 0.25) is 0 Å². The van der Waals surface area contributed by atoms with Gasteiger partial charge in [-0.3, -0.25) is 0 Å². The highest BCUT2D eigenvalue weighted by Gasteiger charge is 2.26. The first-order valence-corrected chi connectivity index (χ1v) is 6.95. The van der Waals surface area contributed by atoms with Gasteiger partial charge in [-0.05, 0) is 40.0 Å². The van der Waals surface area contributed by atoms with Gasteiger partial charge < -0.3 is 14.6 Å². The smallest absolute Gasteiger partial charge is 0.297 e. The lowest BCUT2D eigenvalue weighted by atomic mass is 10.1. The summed E-state index contributed by atoms with van der Waals surface area (Å²) in [4.78, 5) is 6.90. The molecular formula is C14H25N3O. The largest absolute Gasteiger partial charge is 0.432 e. The zero-order valence-electron chi connectivity index (χ0n) is 12.0. The lowest BCUT2D eigenvalue weighted by Crippen LogP contribution is -2.35. The van der Waals surface area contributed by atoms with Crippen molar-refractivity contribution in [3.63, 3.8) is 0 Å². The molecule has 1 fully saturated rings. The Balaban J connectivity index is 1.97. The predicted molar refractivity (Wildman–Crippen MR) is 73.8 cm³/mol. The Labute approximate surface area is 110 Å². The standard InChI is InChI=1S/C14H25N3O/c1-5-12-7-6-8-17(12)13-16-11(10-18-13)9-15-14(2,3)4/h10,12,15H,5-9H2,1-4H3. The van der Waals surface area contributed by atoms with Crippen molar-refractivity contribution in [1.29, 1.82) is 0 Å². The molecule has 1 saturated heterocycles. The molecule has 0 aromatic carbocycles. The van der Waals surface area contributed by atoms with E-state index in [1.165, 1.54) is 12.8 Å². The van der Waals surface area contributed by atoms with Crippen molar-refractivity contribution in [1.82, 2.24) is 10.3 Å². The Morgan fingerprint density at radius 1 is 1.50 bits per heavy atom. The Morgan fingerprint density at radius 3 is 2.94 bits per heavy atom. The van der Waals surface area contributed by atoms with E-state index in [1.54, 1.807) is 6.26 Å². The second-order valence-electron chi connectivity index (χ2n) is 6.12. The SMILES string of the molecule is CCC1CCCN1c1nc(CNC(C)(C)C)co1. The van der Waals surface area contributed by atoms with Gasteiger partial charge in [0.25, 0.3) is 6.01 Å². The number of hydrogen-bond acceptors (Lipinski definition) is 4. The van der Waals surface area contributed by atoms with Gasteiger partial charge in [-0.1, -0.05) is 6.92 Å². The van der Waals surface area contributed by atoms with Gasteiger partial charge in [-0.2, -0.15) is 4.98 Å². The highest BCUT2D eigenvalue weighted by Crippen LogP contribution is 2.26. The van der Waals surface area contributed by atoms with Crippen LogP contribution in [0.15, 0.2) is 10.7 Å². The maximum absolute atomic E-state index is 5.62. The van der Waals surface area contributed by atoms with Gasteiger partial charge in [0.2, 0.25) is 0 Å². The molecule has 1 atom stereocenters. The molecule has 102 valence electrons. The van der Waals surface area contributed by atoms with Crippen molar-refractivity contribution in [3.8, 4) is 0 Å². The summed E-state index contributed by atoms with van der Waals surface area (Å²) in [6.07, 6.45) is 5.45.